The zero-order valence-electron chi connectivity index (χ0n) is 13.5. The van der Waals surface area contributed by atoms with Crippen molar-refractivity contribution in [3.63, 3.8) is 0 Å². The average Bonchev–Trinajstić information content (AvgIpc) is 2.92. The SMILES string of the molecule is CC(=O)N(CCNS(=O)(=O)c1ccc(F)c(C)c1)c1cc(C)on1. The smallest absolute Gasteiger partial charge is 0.240 e. The molecule has 1 amide bonds. The van der Waals surface area contributed by atoms with Crippen LogP contribution in [0.1, 0.15) is 18.2 Å². The normalized spacial score (nSPS) is 11.5. The monoisotopic (exact) mass is 355 g/mol. The summed E-state index contributed by atoms with van der Waals surface area (Å²) >= 11 is 0. The van der Waals surface area contributed by atoms with Gasteiger partial charge in [0.05, 0.1) is 4.90 Å². The van der Waals surface area contributed by atoms with Gasteiger partial charge < -0.3 is 4.52 Å². The minimum absolute atomic E-state index is 0.0236. The maximum Gasteiger partial charge on any atom is 0.240 e. The van der Waals surface area contributed by atoms with Crippen LogP contribution in [0, 0.1) is 19.7 Å². The van der Waals surface area contributed by atoms with Crippen molar-refractivity contribution in [1.82, 2.24) is 9.88 Å². The number of nitrogens with zero attached hydrogens (tertiary/aromatic N) is 2. The van der Waals surface area contributed by atoms with Crippen LogP contribution in [0.15, 0.2) is 33.7 Å². The number of halogens is 1. The third-order valence-electron chi connectivity index (χ3n) is 3.34. The van der Waals surface area contributed by atoms with Crippen molar-refractivity contribution in [2.45, 2.75) is 25.7 Å². The first kappa shape index (κ1) is 18.1. The summed E-state index contributed by atoms with van der Waals surface area (Å²) in [7, 11) is -3.80. The fourth-order valence-corrected chi connectivity index (χ4v) is 3.18. The van der Waals surface area contributed by atoms with Crippen molar-refractivity contribution in [2.24, 2.45) is 0 Å². The van der Waals surface area contributed by atoms with Gasteiger partial charge in [-0.05, 0) is 37.6 Å². The molecule has 0 aliphatic carbocycles. The lowest BCUT2D eigenvalue weighted by Gasteiger charge is -2.18. The van der Waals surface area contributed by atoms with E-state index in [-0.39, 0.29) is 29.5 Å². The van der Waals surface area contributed by atoms with Crippen molar-refractivity contribution >= 4 is 21.7 Å². The molecule has 0 saturated carbocycles. The summed E-state index contributed by atoms with van der Waals surface area (Å²) in [5.41, 5.74) is 0.237. The summed E-state index contributed by atoms with van der Waals surface area (Å²) < 4.78 is 45.0. The van der Waals surface area contributed by atoms with Crippen molar-refractivity contribution < 1.29 is 22.1 Å². The Kier molecular flexibility index (Phi) is 5.35. The summed E-state index contributed by atoms with van der Waals surface area (Å²) in [4.78, 5) is 13.0. The predicted octanol–water partition coefficient (Wildman–Crippen LogP) is 1.76. The summed E-state index contributed by atoms with van der Waals surface area (Å²) in [5.74, 6) is 0.0914. The Morgan fingerprint density at radius 3 is 2.58 bits per heavy atom. The number of hydrogen-bond acceptors (Lipinski definition) is 5. The number of carbonyl (C=O) groups excluding carboxylic acids is 1. The Bertz CT molecular complexity index is 848. The molecule has 1 aromatic heterocycles. The van der Waals surface area contributed by atoms with Gasteiger partial charge in [-0.2, -0.15) is 0 Å². The number of anilines is 1. The number of sulfonamides is 1. The molecule has 0 fully saturated rings. The first-order chi connectivity index (χ1) is 11.2. The van der Waals surface area contributed by atoms with Crippen LogP contribution >= 0.6 is 0 Å². The lowest BCUT2D eigenvalue weighted by molar-refractivity contribution is -0.116. The Hall–Kier alpha value is -2.26. The standard InChI is InChI=1S/C15H18FN3O4S/c1-10-8-13(4-5-14(10)16)24(21,22)17-6-7-19(12(3)20)15-9-11(2)23-18-15/h4-5,8-9,17H,6-7H2,1-3H3. The highest BCUT2D eigenvalue weighted by Gasteiger charge is 2.18. The highest BCUT2D eigenvalue weighted by Crippen LogP contribution is 2.15. The van der Waals surface area contributed by atoms with E-state index < -0.39 is 15.8 Å². The average molecular weight is 355 g/mol. The van der Waals surface area contributed by atoms with Crippen molar-refractivity contribution in [3.05, 3.63) is 41.4 Å². The van der Waals surface area contributed by atoms with Crippen molar-refractivity contribution in [1.29, 1.82) is 0 Å². The highest BCUT2D eigenvalue weighted by molar-refractivity contribution is 7.89. The van der Waals surface area contributed by atoms with Crippen LogP contribution in [-0.4, -0.2) is 32.6 Å². The fourth-order valence-electron chi connectivity index (χ4n) is 2.07. The van der Waals surface area contributed by atoms with Crippen molar-refractivity contribution in [2.75, 3.05) is 18.0 Å². The van der Waals surface area contributed by atoms with Crippen LogP contribution in [0.4, 0.5) is 10.2 Å². The van der Waals surface area contributed by atoms with E-state index in [1.165, 1.54) is 30.9 Å². The van der Waals surface area contributed by atoms with Gasteiger partial charge in [0.15, 0.2) is 5.82 Å². The summed E-state index contributed by atoms with van der Waals surface area (Å²) in [6, 6.07) is 5.12. The molecule has 9 heteroatoms. The van der Waals surface area contributed by atoms with E-state index in [1.807, 2.05) is 0 Å². The molecule has 0 unspecified atom stereocenters. The molecule has 1 N–H and O–H groups in total. The Balaban J connectivity index is 2.05. The molecule has 1 heterocycles. The molecule has 2 aromatic rings. The molecule has 0 aliphatic rings. The van der Waals surface area contributed by atoms with Crippen LogP contribution in [0.25, 0.3) is 0 Å². The zero-order valence-corrected chi connectivity index (χ0v) is 14.4. The van der Waals surface area contributed by atoms with Crippen LogP contribution in [0.5, 0.6) is 0 Å². The number of rotatable bonds is 6. The minimum Gasteiger partial charge on any atom is -0.360 e. The van der Waals surface area contributed by atoms with E-state index in [0.29, 0.717) is 11.6 Å². The van der Waals surface area contributed by atoms with Gasteiger partial charge >= 0.3 is 0 Å². The van der Waals surface area contributed by atoms with Gasteiger partial charge in [-0.1, -0.05) is 5.16 Å². The number of carbonyl (C=O) groups is 1. The second-order valence-electron chi connectivity index (χ2n) is 5.28. The van der Waals surface area contributed by atoms with E-state index in [2.05, 4.69) is 9.88 Å². The van der Waals surface area contributed by atoms with Crippen LogP contribution in [-0.2, 0) is 14.8 Å². The molecule has 0 radical (unpaired) electrons. The Labute approximate surface area is 139 Å². The molecule has 24 heavy (non-hydrogen) atoms. The first-order valence-electron chi connectivity index (χ1n) is 7.18. The van der Waals surface area contributed by atoms with Crippen molar-refractivity contribution in [3.8, 4) is 0 Å². The summed E-state index contributed by atoms with van der Waals surface area (Å²) in [5, 5.41) is 3.74. The molecular formula is C15H18FN3O4S. The third kappa shape index (κ3) is 4.18. The molecule has 0 aliphatic heterocycles. The summed E-state index contributed by atoms with van der Waals surface area (Å²) in [6.07, 6.45) is 0. The van der Waals surface area contributed by atoms with Gasteiger partial charge in [0.2, 0.25) is 15.9 Å². The maximum atomic E-state index is 13.2. The van der Waals surface area contributed by atoms with E-state index in [4.69, 9.17) is 4.52 Å². The molecule has 0 atom stereocenters. The lowest BCUT2D eigenvalue weighted by Crippen LogP contribution is -2.37. The van der Waals surface area contributed by atoms with E-state index in [0.717, 1.165) is 6.07 Å². The number of benzene rings is 1. The minimum atomic E-state index is -3.80. The fraction of sp³-hybridized carbons (Fsp3) is 0.333. The highest BCUT2D eigenvalue weighted by atomic mass is 32.2. The number of nitrogens with one attached hydrogen (secondary N) is 1. The molecule has 2 rings (SSSR count). The first-order valence-corrected chi connectivity index (χ1v) is 8.66. The number of aromatic nitrogens is 1. The maximum absolute atomic E-state index is 13.2. The van der Waals surface area contributed by atoms with Gasteiger partial charge in [-0.3, -0.25) is 9.69 Å². The van der Waals surface area contributed by atoms with Gasteiger partial charge in [0.25, 0.3) is 0 Å². The zero-order chi connectivity index (χ0) is 17.9. The topological polar surface area (TPSA) is 92.5 Å². The molecule has 130 valence electrons. The Morgan fingerprint density at radius 2 is 2.04 bits per heavy atom. The summed E-state index contributed by atoms with van der Waals surface area (Å²) in [6.45, 7) is 4.58. The third-order valence-corrected chi connectivity index (χ3v) is 4.80. The number of aryl methyl sites for hydroxylation is 2. The van der Waals surface area contributed by atoms with Gasteiger partial charge in [0, 0.05) is 26.1 Å². The lowest BCUT2D eigenvalue weighted by atomic mass is 10.2. The van der Waals surface area contributed by atoms with Gasteiger partial charge in [-0.25, -0.2) is 17.5 Å². The Morgan fingerprint density at radius 1 is 1.33 bits per heavy atom. The molecule has 0 spiro atoms. The number of amides is 1. The van der Waals surface area contributed by atoms with Gasteiger partial charge in [0.1, 0.15) is 11.6 Å². The molecular weight excluding hydrogens is 337 g/mol. The van der Waals surface area contributed by atoms with E-state index >= 15 is 0 Å². The molecule has 7 nitrogen and oxygen atoms in total. The molecule has 0 bridgehead atoms. The second-order valence-corrected chi connectivity index (χ2v) is 7.04. The largest absolute Gasteiger partial charge is 0.360 e. The van der Waals surface area contributed by atoms with E-state index in [9.17, 15) is 17.6 Å². The second kappa shape index (κ2) is 7.10. The van der Waals surface area contributed by atoms with Crippen LogP contribution < -0.4 is 9.62 Å². The predicted molar refractivity (Wildman–Crippen MR) is 85.6 cm³/mol. The van der Waals surface area contributed by atoms with Crippen LogP contribution in [0.2, 0.25) is 0 Å². The van der Waals surface area contributed by atoms with Crippen LogP contribution in [0.3, 0.4) is 0 Å². The number of hydrogen-bond donors (Lipinski definition) is 1. The molecule has 0 saturated heterocycles. The van der Waals surface area contributed by atoms with Gasteiger partial charge in [-0.15, -0.1) is 0 Å². The quantitative estimate of drug-likeness (QED) is 0.852. The molecule has 1 aromatic carbocycles. The van der Waals surface area contributed by atoms with E-state index in [1.54, 1.807) is 13.0 Å².